The number of likely N-dealkylation sites (N-methyl/N-ethyl adjacent to an activating group) is 1. The lowest BCUT2D eigenvalue weighted by Crippen LogP contribution is -2.54. The summed E-state index contributed by atoms with van der Waals surface area (Å²) in [7, 11) is 1.74. The molecular formula is C24H26ClN3O4S. The number of nitrogens with zero attached hydrogens (tertiary/aromatic N) is 3. The van der Waals surface area contributed by atoms with Crippen molar-refractivity contribution in [2.45, 2.75) is 22.5 Å². The highest BCUT2D eigenvalue weighted by molar-refractivity contribution is 8.02. The highest BCUT2D eigenvalue weighted by Gasteiger charge is 2.73. The maximum atomic E-state index is 14.1. The number of hydrogen-bond acceptors (Lipinski definition) is 5. The monoisotopic (exact) mass is 487 g/mol. The van der Waals surface area contributed by atoms with E-state index in [2.05, 4.69) is 0 Å². The van der Waals surface area contributed by atoms with Gasteiger partial charge in [0.1, 0.15) is 6.04 Å². The Morgan fingerprint density at radius 1 is 1.03 bits per heavy atom. The van der Waals surface area contributed by atoms with E-state index in [1.165, 1.54) is 16.7 Å². The third-order valence-corrected chi connectivity index (χ3v) is 9.29. The largest absolute Gasteiger partial charge is 0.395 e. The van der Waals surface area contributed by atoms with Crippen LogP contribution in [-0.4, -0.2) is 81.5 Å². The lowest BCUT2D eigenvalue weighted by Gasteiger charge is -2.36. The Bertz CT molecular complexity index is 1080. The molecule has 5 atom stereocenters. The third-order valence-electron chi connectivity index (χ3n) is 7.24. The van der Waals surface area contributed by atoms with E-state index in [1.807, 2.05) is 31.2 Å². The molecule has 0 aromatic heterocycles. The van der Waals surface area contributed by atoms with Crippen LogP contribution in [-0.2, 0) is 14.4 Å². The molecule has 1 aromatic rings. The SMILES string of the molecule is CN1CC=C[C@]2(C)S[C@]34C=CCN(c5ccc(Cl)cc5)C(=O)C3N(CCO)C(=O)[C@@H]4[C@@H]2C1=O. The molecule has 2 saturated heterocycles. The van der Waals surface area contributed by atoms with Gasteiger partial charge in [-0.2, -0.15) is 0 Å². The molecule has 4 aliphatic rings. The van der Waals surface area contributed by atoms with Gasteiger partial charge in [0.15, 0.2) is 0 Å². The molecule has 1 N–H and O–H groups in total. The number of hydrogen-bond donors (Lipinski definition) is 1. The van der Waals surface area contributed by atoms with Crippen molar-refractivity contribution in [3.05, 3.63) is 53.6 Å². The Kier molecular flexibility index (Phi) is 5.38. The number of likely N-dealkylation sites (tertiary alicyclic amines) is 1. The average Bonchev–Trinajstić information content (AvgIpc) is 3.04. The van der Waals surface area contributed by atoms with Crippen molar-refractivity contribution in [1.82, 2.24) is 9.80 Å². The number of aliphatic hydroxyl groups excluding tert-OH is 1. The first-order chi connectivity index (χ1) is 15.7. The summed E-state index contributed by atoms with van der Waals surface area (Å²) in [6.45, 7) is 2.60. The summed E-state index contributed by atoms with van der Waals surface area (Å²) in [5, 5.41) is 10.3. The number of amides is 3. The van der Waals surface area contributed by atoms with Crippen LogP contribution in [0.4, 0.5) is 5.69 Å². The summed E-state index contributed by atoms with van der Waals surface area (Å²) in [6, 6.07) is 6.20. The number of carbonyl (C=O) groups is 3. The van der Waals surface area contributed by atoms with Crippen LogP contribution in [0.3, 0.4) is 0 Å². The number of aliphatic hydroxyl groups is 1. The molecule has 2 fully saturated rings. The maximum Gasteiger partial charge on any atom is 0.251 e. The fraction of sp³-hybridized carbons (Fsp3) is 0.458. The normalized spacial score (nSPS) is 35.5. The molecule has 7 nitrogen and oxygen atoms in total. The lowest BCUT2D eigenvalue weighted by molar-refractivity contribution is -0.143. The van der Waals surface area contributed by atoms with E-state index in [1.54, 1.807) is 41.1 Å². The topological polar surface area (TPSA) is 81.2 Å². The van der Waals surface area contributed by atoms with E-state index >= 15 is 0 Å². The summed E-state index contributed by atoms with van der Waals surface area (Å²) in [6.07, 6.45) is 7.89. The Morgan fingerprint density at radius 2 is 1.73 bits per heavy atom. The molecule has 5 rings (SSSR count). The van der Waals surface area contributed by atoms with Crippen LogP contribution in [0.5, 0.6) is 0 Å². The molecule has 3 amide bonds. The second-order valence-corrected chi connectivity index (χ2v) is 11.4. The number of anilines is 1. The molecule has 1 aromatic carbocycles. The number of benzene rings is 1. The smallest absolute Gasteiger partial charge is 0.251 e. The van der Waals surface area contributed by atoms with Crippen LogP contribution in [0.1, 0.15) is 6.92 Å². The van der Waals surface area contributed by atoms with Crippen molar-refractivity contribution in [3.63, 3.8) is 0 Å². The number of thioether (sulfide) groups is 1. The van der Waals surface area contributed by atoms with Gasteiger partial charge in [-0.15, -0.1) is 11.8 Å². The van der Waals surface area contributed by atoms with Crippen molar-refractivity contribution >= 4 is 46.8 Å². The molecule has 1 spiro atoms. The minimum atomic E-state index is -0.901. The lowest BCUT2D eigenvalue weighted by atomic mass is 9.74. The van der Waals surface area contributed by atoms with Crippen molar-refractivity contribution in [1.29, 1.82) is 0 Å². The molecule has 1 unspecified atom stereocenters. The number of halogens is 1. The zero-order chi connectivity index (χ0) is 23.5. The minimum absolute atomic E-state index is 0.0413. The molecule has 0 bridgehead atoms. The first-order valence-corrected chi connectivity index (χ1v) is 12.2. The van der Waals surface area contributed by atoms with E-state index in [-0.39, 0.29) is 30.9 Å². The summed E-state index contributed by atoms with van der Waals surface area (Å²) >= 11 is 7.58. The number of fused-ring (bicyclic) bond motifs is 2. The Morgan fingerprint density at radius 3 is 2.42 bits per heavy atom. The second kappa shape index (κ2) is 7.89. The van der Waals surface area contributed by atoms with Gasteiger partial charge in [-0.1, -0.05) is 35.9 Å². The van der Waals surface area contributed by atoms with Crippen LogP contribution >= 0.6 is 23.4 Å². The number of rotatable bonds is 3. The van der Waals surface area contributed by atoms with Crippen molar-refractivity contribution in [3.8, 4) is 0 Å². The molecule has 4 heterocycles. The van der Waals surface area contributed by atoms with Gasteiger partial charge in [-0.3, -0.25) is 14.4 Å². The average molecular weight is 488 g/mol. The fourth-order valence-electron chi connectivity index (χ4n) is 5.84. The molecule has 0 aliphatic carbocycles. The second-order valence-electron chi connectivity index (χ2n) is 9.20. The van der Waals surface area contributed by atoms with E-state index in [4.69, 9.17) is 11.6 Å². The first-order valence-electron chi connectivity index (χ1n) is 11.0. The number of β-amino-alcohol motifs (C(OH)–C–C–N with tert-alkyl or cyclic N) is 1. The van der Waals surface area contributed by atoms with Crippen LogP contribution < -0.4 is 4.90 Å². The summed E-state index contributed by atoms with van der Waals surface area (Å²) in [5.41, 5.74) is 0.685. The Labute approximate surface area is 202 Å². The van der Waals surface area contributed by atoms with Crippen LogP contribution in [0.15, 0.2) is 48.6 Å². The predicted octanol–water partition coefficient (Wildman–Crippen LogP) is 1.95. The van der Waals surface area contributed by atoms with Gasteiger partial charge in [-0.25, -0.2) is 0 Å². The molecular weight excluding hydrogens is 462 g/mol. The van der Waals surface area contributed by atoms with Gasteiger partial charge in [0, 0.05) is 42.1 Å². The quantitative estimate of drug-likeness (QED) is 0.659. The van der Waals surface area contributed by atoms with Gasteiger partial charge in [0.05, 0.1) is 23.2 Å². The summed E-state index contributed by atoms with van der Waals surface area (Å²) in [5.74, 6) is -1.83. The Hall–Kier alpha value is -2.29. The van der Waals surface area contributed by atoms with E-state index in [0.29, 0.717) is 23.8 Å². The summed E-state index contributed by atoms with van der Waals surface area (Å²) in [4.78, 5) is 46.1. The standard InChI is InChI=1S/C24H26ClN3O4S/c1-23-9-3-11-26(2)20(30)17(23)18-21(31)28(13-14-29)19-22(32)27(12-4-10-24(18,19)33-23)16-7-5-15(25)6-8-16/h3-10,17-19,29H,11-14H2,1-2H3/t17-,18+,19?,23+,24+/m1/s1. The van der Waals surface area contributed by atoms with E-state index < -0.39 is 27.4 Å². The molecule has 33 heavy (non-hydrogen) atoms. The van der Waals surface area contributed by atoms with E-state index in [9.17, 15) is 19.5 Å². The Balaban J connectivity index is 1.65. The fourth-order valence-corrected chi connectivity index (χ4v) is 8.13. The van der Waals surface area contributed by atoms with Gasteiger partial charge in [0.25, 0.3) is 5.91 Å². The van der Waals surface area contributed by atoms with Crippen molar-refractivity contribution in [2.75, 3.05) is 38.2 Å². The van der Waals surface area contributed by atoms with Gasteiger partial charge in [0.2, 0.25) is 11.8 Å². The predicted molar refractivity (Wildman–Crippen MR) is 128 cm³/mol. The molecule has 0 radical (unpaired) electrons. The molecule has 0 saturated carbocycles. The highest BCUT2D eigenvalue weighted by Crippen LogP contribution is 2.65. The molecule has 4 aliphatic heterocycles. The molecule has 174 valence electrons. The first kappa shape index (κ1) is 22.5. The minimum Gasteiger partial charge on any atom is -0.395 e. The number of carbonyl (C=O) groups excluding carboxylic acids is 3. The van der Waals surface area contributed by atoms with Crippen LogP contribution in [0.25, 0.3) is 0 Å². The molecule has 9 heteroatoms. The van der Waals surface area contributed by atoms with Crippen molar-refractivity contribution in [2.24, 2.45) is 11.8 Å². The summed E-state index contributed by atoms with van der Waals surface area (Å²) < 4.78 is -1.52. The van der Waals surface area contributed by atoms with Gasteiger partial charge in [-0.05, 0) is 31.2 Å². The third kappa shape index (κ3) is 3.18. The van der Waals surface area contributed by atoms with Gasteiger partial charge >= 0.3 is 0 Å². The van der Waals surface area contributed by atoms with E-state index in [0.717, 1.165) is 0 Å². The van der Waals surface area contributed by atoms with Crippen LogP contribution in [0.2, 0.25) is 5.02 Å². The highest BCUT2D eigenvalue weighted by atomic mass is 35.5. The zero-order valence-corrected chi connectivity index (χ0v) is 20.1. The maximum absolute atomic E-state index is 14.1. The van der Waals surface area contributed by atoms with Crippen LogP contribution in [0, 0.1) is 11.8 Å². The van der Waals surface area contributed by atoms with Crippen molar-refractivity contribution < 1.29 is 19.5 Å². The van der Waals surface area contributed by atoms with Gasteiger partial charge < -0.3 is 19.8 Å². The zero-order valence-electron chi connectivity index (χ0n) is 18.5.